The Morgan fingerprint density at radius 3 is 1.50 bits per heavy atom. The highest BCUT2D eigenvalue weighted by Gasteiger charge is 2.18. The molecule has 0 nitrogen and oxygen atoms in total. The van der Waals surface area contributed by atoms with E-state index in [0.717, 1.165) is 0 Å². The third kappa shape index (κ3) is 1.50. The van der Waals surface area contributed by atoms with Gasteiger partial charge < -0.3 is 0 Å². The van der Waals surface area contributed by atoms with Crippen LogP contribution >= 0.6 is 68.9 Å². The van der Waals surface area contributed by atoms with E-state index in [-0.39, 0.29) is 0 Å². The molecule has 4 rings (SSSR count). The molecular weight excluding hydrogens is 337 g/mol. The Morgan fingerprint density at radius 2 is 1.11 bits per heavy atom. The molecule has 4 aromatic rings. The van der Waals surface area contributed by atoms with E-state index in [9.17, 15) is 0 Å². The van der Waals surface area contributed by atoms with E-state index >= 15 is 0 Å². The fourth-order valence-electron chi connectivity index (χ4n) is 2.05. The molecule has 4 heterocycles. The average molecular weight is 345 g/mol. The fraction of sp³-hybridized carbons (Fsp3) is 0.167. The van der Waals surface area contributed by atoms with Crippen molar-refractivity contribution in [2.45, 2.75) is 9.79 Å². The van der Waals surface area contributed by atoms with Crippen LogP contribution in [0.3, 0.4) is 0 Å². The second kappa shape index (κ2) is 4.40. The second-order valence-corrected chi connectivity index (χ2v) is 9.28. The third-order valence-electron chi connectivity index (χ3n) is 2.89. The highest BCUT2D eigenvalue weighted by atomic mass is 32.2. The summed E-state index contributed by atoms with van der Waals surface area (Å²) in [6.07, 6.45) is 4.34. The number of hydrogen-bond donors (Lipinski definition) is 0. The molecule has 0 bridgehead atoms. The number of fused-ring (bicyclic) bond motifs is 5. The lowest BCUT2D eigenvalue weighted by atomic mass is 10.4. The van der Waals surface area contributed by atoms with Crippen LogP contribution in [-0.2, 0) is 0 Å². The van der Waals surface area contributed by atoms with E-state index in [4.69, 9.17) is 0 Å². The molecule has 0 saturated heterocycles. The molecular formula is C12H8S6. The van der Waals surface area contributed by atoms with Crippen LogP contribution in [0, 0.1) is 0 Å². The van der Waals surface area contributed by atoms with E-state index in [2.05, 4.69) is 23.3 Å². The molecule has 92 valence electrons. The van der Waals surface area contributed by atoms with E-state index in [1.165, 1.54) is 38.0 Å². The summed E-state index contributed by atoms with van der Waals surface area (Å²) in [5.74, 6) is 0. The van der Waals surface area contributed by atoms with E-state index in [1.54, 1.807) is 0 Å². The summed E-state index contributed by atoms with van der Waals surface area (Å²) in [6, 6.07) is 0. The van der Waals surface area contributed by atoms with Gasteiger partial charge in [0.2, 0.25) is 0 Å². The zero-order valence-electron chi connectivity index (χ0n) is 9.60. The molecule has 0 unspecified atom stereocenters. The molecule has 0 aliphatic carbocycles. The van der Waals surface area contributed by atoms with Crippen LogP contribution in [0.5, 0.6) is 0 Å². The summed E-state index contributed by atoms with van der Waals surface area (Å²) in [7, 11) is 0. The molecule has 6 heteroatoms. The van der Waals surface area contributed by atoms with Crippen LogP contribution in [0.15, 0.2) is 20.6 Å². The van der Waals surface area contributed by atoms with Gasteiger partial charge in [0, 0.05) is 20.6 Å². The second-order valence-electron chi connectivity index (χ2n) is 3.79. The maximum atomic E-state index is 2.30. The standard InChI is InChI=1S/C12H8S6/c1-13-5-3-15-9-7(5)17-12-10-8(18-11(9)12)6(14-2)4-16-10/h3-4H,1-2H3. The maximum absolute atomic E-state index is 2.30. The van der Waals surface area contributed by atoms with Gasteiger partial charge in [-0.1, -0.05) is 0 Å². The topological polar surface area (TPSA) is 0 Å². The first kappa shape index (κ1) is 12.1. The highest BCUT2D eigenvalue weighted by Crippen LogP contribution is 2.52. The number of thioether (sulfide) groups is 2. The minimum atomic E-state index is 1.44. The lowest BCUT2D eigenvalue weighted by Crippen LogP contribution is -1.56. The van der Waals surface area contributed by atoms with Crippen LogP contribution in [-0.4, -0.2) is 12.5 Å². The Balaban J connectivity index is 2.17. The maximum Gasteiger partial charge on any atom is 0.0651 e. The summed E-state index contributed by atoms with van der Waals surface area (Å²) in [4.78, 5) is 2.89. The molecule has 0 atom stereocenters. The Labute approximate surface area is 129 Å². The molecule has 0 amide bonds. The van der Waals surface area contributed by atoms with Gasteiger partial charge in [0.1, 0.15) is 0 Å². The largest absolute Gasteiger partial charge is 0.140 e. The Kier molecular flexibility index (Phi) is 2.94. The summed E-state index contributed by atoms with van der Waals surface area (Å²) >= 11 is 11.5. The van der Waals surface area contributed by atoms with Gasteiger partial charge in [-0.15, -0.1) is 68.9 Å². The minimum Gasteiger partial charge on any atom is -0.140 e. The van der Waals surface area contributed by atoms with Crippen LogP contribution < -0.4 is 0 Å². The molecule has 4 aromatic heterocycles. The molecule has 0 radical (unpaired) electrons. The SMILES string of the molecule is CSc1csc2c1sc1c3scc(SC)c3sc21. The Morgan fingerprint density at radius 1 is 0.667 bits per heavy atom. The molecule has 0 fully saturated rings. The van der Waals surface area contributed by atoms with Crippen molar-refractivity contribution >= 4 is 97.1 Å². The normalized spacial score (nSPS) is 12.3. The van der Waals surface area contributed by atoms with E-state index in [0.29, 0.717) is 0 Å². The molecule has 0 aliphatic heterocycles. The van der Waals surface area contributed by atoms with Crippen molar-refractivity contribution in [2.75, 3.05) is 12.5 Å². The first-order chi connectivity index (χ1) is 8.83. The van der Waals surface area contributed by atoms with Crippen LogP contribution in [0.25, 0.3) is 28.2 Å². The van der Waals surface area contributed by atoms with Gasteiger partial charge in [0.15, 0.2) is 0 Å². The lowest BCUT2D eigenvalue weighted by molar-refractivity contribution is 1.73. The molecule has 0 aromatic carbocycles. The highest BCUT2D eigenvalue weighted by molar-refractivity contribution is 7.99. The molecule has 0 N–H and O–H groups in total. The predicted octanol–water partition coefficient (Wildman–Crippen LogP) is 6.84. The van der Waals surface area contributed by atoms with Crippen molar-refractivity contribution in [1.29, 1.82) is 0 Å². The summed E-state index contributed by atoms with van der Waals surface area (Å²) < 4.78 is 9.01. The van der Waals surface area contributed by atoms with Crippen molar-refractivity contribution in [3.63, 3.8) is 0 Å². The van der Waals surface area contributed by atoms with Gasteiger partial charge in [0.25, 0.3) is 0 Å². The van der Waals surface area contributed by atoms with Gasteiger partial charge in [-0.3, -0.25) is 0 Å². The first-order valence-corrected chi connectivity index (χ1v) is 11.1. The Bertz CT molecular complexity index is 783. The zero-order chi connectivity index (χ0) is 12.3. The summed E-state index contributed by atoms with van der Waals surface area (Å²) in [5, 5.41) is 4.60. The quantitative estimate of drug-likeness (QED) is 0.365. The fourth-order valence-corrected chi connectivity index (χ4v) is 9.73. The van der Waals surface area contributed by atoms with Crippen molar-refractivity contribution in [2.24, 2.45) is 0 Å². The monoisotopic (exact) mass is 344 g/mol. The summed E-state index contributed by atoms with van der Waals surface area (Å²) in [5.41, 5.74) is 0. The Hall–Kier alpha value is 0.280. The first-order valence-electron chi connectivity index (χ1n) is 5.25. The van der Waals surface area contributed by atoms with Crippen molar-refractivity contribution < 1.29 is 0 Å². The summed E-state index contributed by atoms with van der Waals surface area (Å²) in [6.45, 7) is 0. The number of rotatable bonds is 2. The van der Waals surface area contributed by atoms with Gasteiger partial charge in [0.05, 0.1) is 28.2 Å². The van der Waals surface area contributed by atoms with Crippen molar-refractivity contribution in [1.82, 2.24) is 0 Å². The van der Waals surface area contributed by atoms with Crippen LogP contribution in [0.2, 0.25) is 0 Å². The van der Waals surface area contributed by atoms with Gasteiger partial charge in [-0.05, 0) is 12.5 Å². The van der Waals surface area contributed by atoms with Crippen molar-refractivity contribution in [3.8, 4) is 0 Å². The minimum absolute atomic E-state index is 1.44. The third-order valence-corrected chi connectivity index (χ3v) is 10.1. The van der Waals surface area contributed by atoms with E-state index in [1.807, 2.05) is 68.9 Å². The molecule has 0 spiro atoms. The van der Waals surface area contributed by atoms with E-state index < -0.39 is 0 Å². The predicted molar refractivity (Wildman–Crippen MR) is 94.0 cm³/mol. The number of hydrogen-bond acceptors (Lipinski definition) is 6. The average Bonchev–Trinajstić information content (AvgIpc) is 3.05. The lowest BCUT2D eigenvalue weighted by Gasteiger charge is -1.87. The molecule has 0 saturated carbocycles. The van der Waals surface area contributed by atoms with Gasteiger partial charge in [-0.2, -0.15) is 0 Å². The smallest absolute Gasteiger partial charge is 0.0651 e. The zero-order valence-corrected chi connectivity index (χ0v) is 14.5. The van der Waals surface area contributed by atoms with Crippen LogP contribution in [0.1, 0.15) is 0 Å². The van der Waals surface area contributed by atoms with Gasteiger partial charge >= 0.3 is 0 Å². The number of thiophene rings is 4. The van der Waals surface area contributed by atoms with Crippen molar-refractivity contribution in [3.05, 3.63) is 10.8 Å². The molecule has 0 aliphatic rings. The van der Waals surface area contributed by atoms with Crippen LogP contribution in [0.4, 0.5) is 0 Å². The molecule has 18 heavy (non-hydrogen) atoms. The van der Waals surface area contributed by atoms with Gasteiger partial charge in [-0.25, -0.2) is 0 Å².